The van der Waals surface area contributed by atoms with E-state index in [0.717, 1.165) is 6.54 Å². The van der Waals surface area contributed by atoms with Crippen molar-refractivity contribution in [2.75, 3.05) is 6.54 Å². The van der Waals surface area contributed by atoms with Gasteiger partial charge < -0.3 is 5.73 Å². The maximum Gasteiger partial charge on any atom is 0.0137 e. The summed E-state index contributed by atoms with van der Waals surface area (Å²) in [6, 6.07) is 6.54. The molecule has 1 unspecified atom stereocenters. The van der Waals surface area contributed by atoms with Crippen molar-refractivity contribution >= 4 is 0 Å². The van der Waals surface area contributed by atoms with Gasteiger partial charge in [-0.3, -0.25) is 0 Å². The summed E-state index contributed by atoms with van der Waals surface area (Å²) >= 11 is 0. The van der Waals surface area contributed by atoms with Crippen molar-refractivity contribution in [1.82, 2.24) is 0 Å². The first kappa shape index (κ1) is 10.7. The Morgan fingerprint density at radius 1 is 1.20 bits per heavy atom. The predicted octanol–water partition coefficient (Wildman–Crippen LogP) is 2.93. The second kappa shape index (κ2) is 3.08. The maximum absolute atomic E-state index is 6.01. The molecule has 1 aliphatic rings. The molecule has 0 aromatic heterocycles. The number of nitrogens with two attached hydrogens (primary N) is 1. The first-order valence-electron chi connectivity index (χ1n) is 5.71. The minimum atomic E-state index is 0.239. The minimum Gasteiger partial charge on any atom is -0.330 e. The van der Waals surface area contributed by atoms with Crippen LogP contribution in [0.4, 0.5) is 0 Å². The fourth-order valence-corrected chi connectivity index (χ4v) is 3.16. The van der Waals surface area contributed by atoms with Crippen LogP contribution in [0.1, 0.15) is 37.0 Å². The molecule has 0 radical (unpaired) electrons. The van der Waals surface area contributed by atoms with E-state index in [-0.39, 0.29) is 5.41 Å². The normalized spacial score (nSPS) is 27.8. The second-order valence-corrected chi connectivity index (χ2v) is 5.61. The van der Waals surface area contributed by atoms with Crippen LogP contribution >= 0.6 is 0 Å². The Labute approximate surface area is 92.7 Å². The summed E-state index contributed by atoms with van der Waals surface area (Å²) in [6.07, 6.45) is 1.22. The van der Waals surface area contributed by atoms with Crippen molar-refractivity contribution in [3.05, 3.63) is 34.9 Å². The second-order valence-electron chi connectivity index (χ2n) is 5.61. The lowest BCUT2D eigenvalue weighted by atomic mass is 9.82. The van der Waals surface area contributed by atoms with Gasteiger partial charge in [0.1, 0.15) is 0 Å². The highest BCUT2D eigenvalue weighted by atomic mass is 14.7. The van der Waals surface area contributed by atoms with Gasteiger partial charge in [0.15, 0.2) is 0 Å². The number of rotatable bonds is 2. The molecule has 0 amide bonds. The summed E-state index contributed by atoms with van der Waals surface area (Å²) in [5.74, 6) is 0. The highest BCUT2D eigenvalue weighted by Gasteiger charge is 2.61. The number of benzene rings is 1. The molecule has 2 rings (SSSR count). The first-order valence-corrected chi connectivity index (χ1v) is 5.71. The lowest BCUT2D eigenvalue weighted by Gasteiger charge is -2.23. The Hall–Kier alpha value is -0.820. The molecule has 1 nitrogen and oxygen atoms in total. The van der Waals surface area contributed by atoms with E-state index in [0.29, 0.717) is 5.41 Å². The van der Waals surface area contributed by atoms with Crippen molar-refractivity contribution in [2.45, 2.75) is 39.5 Å². The van der Waals surface area contributed by atoms with Crippen LogP contribution in [-0.4, -0.2) is 6.54 Å². The van der Waals surface area contributed by atoms with E-state index in [9.17, 15) is 0 Å². The molecule has 0 bridgehead atoms. The van der Waals surface area contributed by atoms with Crippen LogP contribution in [0.25, 0.3) is 0 Å². The van der Waals surface area contributed by atoms with Crippen LogP contribution in [-0.2, 0) is 5.41 Å². The Morgan fingerprint density at radius 2 is 1.67 bits per heavy atom. The molecule has 1 heteroatoms. The van der Waals surface area contributed by atoms with Gasteiger partial charge in [-0.15, -0.1) is 0 Å². The summed E-state index contributed by atoms with van der Waals surface area (Å²) < 4.78 is 0. The molecular weight excluding hydrogens is 182 g/mol. The Balaban J connectivity index is 2.55. The third kappa shape index (κ3) is 1.33. The summed E-state index contributed by atoms with van der Waals surface area (Å²) in [5.41, 5.74) is 10.9. The Bertz CT molecular complexity index is 372. The topological polar surface area (TPSA) is 26.0 Å². The van der Waals surface area contributed by atoms with Gasteiger partial charge in [-0.1, -0.05) is 32.0 Å². The molecule has 1 atom stereocenters. The molecule has 1 aromatic rings. The summed E-state index contributed by atoms with van der Waals surface area (Å²) in [4.78, 5) is 0. The van der Waals surface area contributed by atoms with Gasteiger partial charge in [0.25, 0.3) is 0 Å². The van der Waals surface area contributed by atoms with Crippen LogP contribution in [0, 0.1) is 19.3 Å². The van der Waals surface area contributed by atoms with Crippen LogP contribution in [0.5, 0.6) is 0 Å². The van der Waals surface area contributed by atoms with E-state index < -0.39 is 0 Å². The van der Waals surface area contributed by atoms with E-state index in [4.69, 9.17) is 5.73 Å². The quantitative estimate of drug-likeness (QED) is 0.785. The van der Waals surface area contributed by atoms with Crippen molar-refractivity contribution in [1.29, 1.82) is 0 Å². The van der Waals surface area contributed by atoms with Crippen LogP contribution in [0.3, 0.4) is 0 Å². The van der Waals surface area contributed by atoms with Gasteiger partial charge in [0.05, 0.1) is 0 Å². The van der Waals surface area contributed by atoms with Crippen molar-refractivity contribution < 1.29 is 0 Å². The smallest absolute Gasteiger partial charge is 0.0137 e. The average molecular weight is 203 g/mol. The number of aryl methyl sites for hydroxylation is 2. The van der Waals surface area contributed by atoms with E-state index in [1.165, 1.54) is 23.1 Å². The first-order chi connectivity index (χ1) is 6.94. The molecule has 2 N–H and O–H groups in total. The predicted molar refractivity (Wildman–Crippen MR) is 65.0 cm³/mol. The van der Waals surface area contributed by atoms with Gasteiger partial charge >= 0.3 is 0 Å². The third-order valence-electron chi connectivity index (χ3n) is 4.22. The average Bonchev–Trinajstić information content (AvgIpc) is 2.69. The molecule has 0 saturated heterocycles. The SMILES string of the molecule is Cc1cccc(C)c1C1(CN)CC1(C)C. The Morgan fingerprint density at radius 3 is 2.00 bits per heavy atom. The van der Waals surface area contributed by atoms with Gasteiger partial charge in [-0.25, -0.2) is 0 Å². The van der Waals surface area contributed by atoms with E-state index in [1.807, 2.05) is 0 Å². The van der Waals surface area contributed by atoms with Crippen molar-refractivity contribution in [3.63, 3.8) is 0 Å². The van der Waals surface area contributed by atoms with E-state index >= 15 is 0 Å². The van der Waals surface area contributed by atoms with Gasteiger partial charge in [0, 0.05) is 12.0 Å². The molecule has 0 spiro atoms. The highest BCUT2D eigenvalue weighted by Crippen LogP contribution is 2.64. The van der Waals surface area contributed by atoms with Crippen LogP contribution in [0.2, 0.25) is 0 Å². The standard InChI is InChI=1S/C14H21N/c1-10-6-5-7-11(2)12(10)14(9-15)8-13(14,3)4/h5-7H,8-9,15H2,1-4H3. The molecule has 1 aromatic carbocycles. The molecular formula is C14H21N. The zero-order valence-electron chi connectivity index (χ0n) is 10.2. The van der Waals surface area contributed by atoms with E-state index in [1.54, 1.807) is 0 Å². The number of hydrogen-bond donors (Lipinski definition) is 1. The van der Waals surface area contributed by atoms with Gasteiger partial charge in [-0.05, 0) is 42.4 Å². The van der Waals surface area contributed by atoms with Crippen LogP contribution in [0.15, 0.2) is 18.2 Å². The lowest BCUT2D eigenvalue weighted by molar-refractivity contribution is 0.499. The van der Waals surface area contributed by atoms with Gasteiger partial charge in [-0.2, -0.15) is 0 Å². The fraction of sp³-hybridized carbons (Fsp3) is 0.571. The van der Waals surface area contributed by atoms with Crippen LogP contribution < -0.4 is 5.73 Å². The largest absolute Gasteiger partial charge is 0.330 e. The summed E-state index contributed by atoms with van der Waals surface area (Å²) in [5, 5.41) is 0. The molecule has 1 saturated carbocycles. The van der Waals surface area contributed by atoms with Crippen molar-refractivity contribution in [2.24, 2.45) is 11.1 Å². The molecule has 15 heavy (non-hydrogen) atoms. The summed E-state index contributed by atoms with van der Waals surface area (Å²) in [6.45, 7) is 9.82. The molecule has 1 fully saturated rings. The zero-order valence-corrected chi connectivity index (χ0v) is 10.2. The molecule has 1 aliphatic carbocycles. The molecule has 0 aliphatic heterocycles. The monoisotopic (exact) mass is 203 g/mol. The fourth-order valence-electron chi connectivity index (χ4n) is 3.16. The summed E-state index contributed by atoms with van der Waals surface area (Å²) in [7, 11) is 0. The maximum atomic E-state index is 6.01. The number of hydrogen-bond acceptors (Lipinski definition) is 1. The minimum absolute atomic E-state index is 0.239. The highest BCUT2D eigenvalue weighted by molar-refractivity contribution is 5.47. The third-order valence-corrected chi connectivity index (χ3v) is 4.22. The van der Waals surface area contributed by atoms with E-state index in [2.05, 4.69) is 45.9 Å². The molecule has 0 heterocycles. The lowest BCUT2D eigenvalue weighted by Crippen LogP contribution is -2.27. The Kier molecular flexibility index (Phi) is 2.20. The zero-order chi connectivity index (χ0) is 11.3. The molecule has 82 valence electrons. The van der Waals surface area contributed by atoms with Gasteiger partial charge in [0.2, 0.25) is 0 Å². The van der Waals surface area contributed by atoms with Crippen molar-refractivity contribution in [3.8, 4) is 0 Å².